The fraction of sp³-hybridized carbons (Fsp3) is 0.875. The minimum absolute atomic E-state index is 0. The van der Waals surface area contributed by atoms with E-state index in [0.717, 1.165) is 0 Å². The van der Waals surface area contributed by atoms with Crippen LogP contribution < -0.4 is 0 Å². The lowest BCUT2D eigenvalue weighted by molar-refractivity contribution is -0.121. The molecular formula is C16H48O4. The number of carbonyl (C=O) groups excluding carboxylic acids is 2. The van der Waals surface area contributed by atoms with Gasteiger partial charge >= 0.3 is 0 Å². The molecule has 0 saturated carbocycles. The quantitative estimate of drug-likeness (QED) is 0.685. The molecule has 0 saturated heterocycles. The molecule has 0 aromatic heterocycles. The van der Waals surface area contributed by atoms with Crippen LogP contribution in [0.1, 0.15) is 73.3 Å². The molecular weight excluding hydrogens is 256 g/mol. The van der Waals surface area contributed by atoms with Gasteiger partial charge in [0.25, 0.3) is 0 Å². The summed E-state index contributed by atoms with van der Waals surface area (Å²) in [6.45, 7) is 3.45. The minimum Gasteiger partial charge on any atom is -0.377 e. The molecule has 0 aliphatic carbocycles. The zero-order chi connectivity index (χ0) is 9.98. The topological polar surface area (TPSA) is 52.6 Å². The number of rotatable bonds is 4. The molecule has 0 rings (SSSR count). The predicted molar refractivity (Wildman–Crippen MR) is 99.0 cm³/mol. The molecule has 0 unspecified atom stereocenters. The highest BCUT2D eigenvalue weighted by Crippen LogP contribution is 1.66. The fourth-order valence-corrected chi connectivity index (χ4v) is 0.407. The standard InChI is InChI=1S/2C4H8O2.8CH4/c2*1-4(5)3-6-2;;;;;;;;/h2*3H2,1-2H3;8*1H4. The van der Waals surface area contributed by atoms with E-state index in [9.17, 15) is 9.59 Å². The Balaban J connectivity index is -0.00000000893. The van der Waals surface area contributed by atoms with Gasteiger partial charge in [-0.1, -0.05) is 59.4 Å². The smallest absolute Gasteiger partial charge is 0.155 e. The normalized spacial score (nSPS) is 5.00. The fourth-order valence-electron chi connectivity index (χ4n) is 0.407. The maximum absolute atomic E-state index is 9.92. The lowest BCUT2D eigenvalue weighted by atomic mass is 10.5. The van der Waals surface area contributed by atoms with Gasteiger partial charge in [-0.2, -0.15) is 0 Å². The Morgan fingerprint density at radius 3 is 0.750 bits per heavy atom. The summed E-state index contributed by atoms with van der Waals surface area (Å²) in [5.41, 5.74) is 0. The number of methoxy groups -OCH3 is 2. The molecule has 20 heavy (non-hydrogen) atoms. The Hall–Kier alpha value is -0.740. The molecule has 136 valence electrons. The third-order valence-electron chi connectivity index (χ3n) is 0.695. The van der Waals surface area contributed by atoms with Gasteiger partial charge in [0.1, 0.15) is 13.2 Å². The number of carbonyl (C=O) groups is 2. The van der Waals surface area contributed by atoms with E-state index in [2.05, 4.69) is 9.47 Å². The van der Waals surface area contributed by atoms with E-state index < -0.39 is 0 Å². The van der Waals surface area contributed by atoms with Gasteiger partial charge in [-0.25, -0.2) is 0 Å². The molecule has 0 amide bonds. The number of ether oxygens (including phenoxy) is 2. The van der Waals surface area contributed by atoms with E-state index in [0.29, 0.717) is 0 Å². The summed E-state index contributed by atoms with van der Waals surface area (Å²) >= 11 is 0. The van der Waals surface area contributed by atoms with Crippen LogP contribution in [-0.2, 0) is 19.1 Å². The van der Waals surface area contributed by atoms with Gasteiger partial charge in [-0.15, -0.1) is 0 Å². The van der Waals surface area contributed by atoms with Crippen molar-refractivity contribution < 1.29 is 19.1 Å². The van der Waals surface area contributed by atoms with Crippen LogP contribution in [0.3, 0.4) is 0 Å². The molecule has 0 aliphatic rings. The molecule has 0 atom stereocenters. The van der Waals surface area contributed by atoms with E-state index in [-0.39, 0.29) is 84.2 Å². The van der Waals surface area contributed by atoms with Crippen molar-refractivity contribution in [3.8, 4) is 0 Å². The second kappa shape index (κ2) is 63.4. The Bertz CT molecular complexity index is 118. The minimum atomic E-state index is 0. The van der Waals surface area contributed by atoms with Gasteiger partial charge in [0.2, 0.25) is 0 Å². The van der Waals surface area contributed by atoms with E-state index >= 15 is 0 Å². The van der Waals surface area contributed by atoms with Crippen molar-refractivity contribution in [2.75, 3.05) is 27.4 Å². The zero-order valence-corrected chi connectivity index (χ0v) is 8.05. The second-order valence-corrected chi connectivity index (χ2v) is 2.27. The van der Waals surface area contributed by atoms with Crippen LogP contribution in [-0.4, -0.2) is 39.0 Å². The highest BCUT2D eigenvalue weighted by Gasteiger charge is 1.84. The van der Waals surface area contributed by atoms with E-state index in [1.165, 1.54) is 28.1 Å². The number of hydrogen-bond donors (Lipinski definition) is 0. The Morgan fingerprint density at radius 2 is 0.750 bits per heavy atom. The van der Waals surface area contributed by atoms with Gasteiger partial charge in [0, 0.05) is 14.2 Å². The van der Waals surface area contributed by atoms with Gasteiger partial charge in [0.05, 0.1) is 0 Å². The molecule has 4 heteroatoms. The van der Waals surface area contributed by atoms with E-state index in [1.54, 1.807) is 0 Å². The first-order chi connectivity index (χ1) is 5.54. The predicted octanol–water partition coefficient (Wildman–Crippen LogP) is 5.53. The van der Waals surface area contributed by atoms with Crippen LogP contribution in [0.5, 0.6) is 0 Å². The van der Waals surface area contributed by atoms with Crippen molar-refractivity contribution in [2.45, 2.75) is 73.3 Å². The average Bonchev–Trinajstić information content (AvgIpc) is 1.87. The number of Topliss-reactive ketones (excluding diaryl/α,β-unsaturated/α-hetero) is 2. The summed E-state index contributed by atoms with van der Waals surface area (Å²) in [4.78, 5) is 19.8. The third-order valence-corrected chi connectivity index (χ3v) is 0.695. The molecule has 0 aromatic rings. The van der Waals surface area contributed by atoms with Gasteiger partial charge in [-0.3, -0.25) is 9.59 Å². The Labute approximate surface area is 132 Å². The zero-order valence-electron chi connectivity index (χ0n) is 8.05. The maximum Gasteiger partial charge on any atom is 0.155 e. The van der Waals surface area contributed by atoms with Crippen molar-refractivity contribution in [2.24, 2.45) is 0 Å². The Morgan fingerprint density at radius 1 is 0.600 bits per heavy atom. The molecule has 0 aliphatic heterocycles. The SMILES string of the molecule is C.C.C.C.C.C.C.C.COCC(C)=O.COCC(C)=O. The van der Waals surface area contributed by atoms with Crippen LogP contribution in [0.4, 0.5) is 0 Å². The molecule has 4 nitrogen and oxygen atoms in total. The summed E-state index contributed by atoms with van der Waals surface area (Å²) in [7, 11) is 3.00. The third kappa shape index (κ3) is 165. The van der Waals surface area contributed by atoms with Crippen molar-refractivity contribution in [1.82, 2.24) is 0 Å². The van der Waals surface area contributed by atoms with Crippen LogP contribution in [0.15, 0.2) is 0 Å². The molecule has 0 aromatic carbocycles. The molecule has 0 fully saturated rings. The molecule has 0 radical (unpaired) electrons. The summed E-state index contributed by atoms with van der Waals surface area (Å²) < 4.78 is 8.91. The van der Waals surface area contributed by atoms with Gasteiger partial charge in [-0.05, 0) is 13.8 Å². The molecule has 0 N–H and O–H groups in total. The van der Waals surface area contributed by atoms with E-state index in [4.69, 9.17) is 0 Å². The lowest BCUT2D eigenvalue weighted by Gasteiger charge is -1.84. The van der Waals surface area contributed by atoms with Crippen LogP contribution in [0.2, 0.25) is 0 Å². The second-order valence-electron chi connectivity index (χ2n) is 2.27. The highest BCUT2D eigenvalue weighted by atomic mass is 16.5. The van der Waals surface area contributed by atoms with Crippen LogP contribution >= 0.6 is 0 Å². The average molecular weight is 305 g/mol. The first-order valence-corrected chi connectivity index (χ1v) is 3.51. The Kier molecular flexibility index (Phi) is 238. The number of hydrogen-bond acceptors (Lipinski definition) is 4. The van der Waals surface area contributed by atoms with Crippen molar-refractivity contribution >= 4 is 11.6 Å². The van der Waals surface area contributed by atoms with Gasteiger partial charge in [0.15, 0.2) is 11.6 Å². The summed E-state index contributed by atoms with van der Waals surface area (Å²) in [5.74, 6) is 0.134. The van der Waals surface area contributed by atoms with Gasteiger partial charge < -0.3 is 9.47 Å². The highest BCUT2D eigenvalue weighted by molar-refractivity contribution is 5.76. The molecule has 0 spiro atoms. The molecule has 0 heterocycles. The summed E-state index contributed by atoms with van der Waals surface area (Å²) in [6.07, 6.45) is 0. The van der Waals surface area contributed by atoms with Crippen molar-refractivity contribution in [1.29, 1.82) is 0 Å². The summed E-state index contributed by atoms with van der Waals surface area (Å²) in [5, 5.41) is 0. The largest absolute Gasteiger partial charge is 0.377 e. The first kappa shape index (κ1) is 74.9. The maximum atomic E-state index is 9.92. The lowest BCUT2D eigenvalue weighted by Crippen LogP contribution is -1.98. The molecule has 0 bridgehead atoms. The van der Waals surface area contributed by atoms with Crippen molar-refractivity contribution in [3.63, 3.8) is 0 Å². The van der Waals surface area contributed by atoms with Crippen LogP contribution in [0, 0.1) is 0 Å². The number of ketones is 2. The van der Waals surface area contributed by atoms with Crippen LogP contribution in [0.25, 0.3) is 0 Å². The first-order valence-electron chi connectivity index (χ1n) is 3.51. The van der Waals surface area contributed by atoms with Crippen molar-refractivity contribution in [3.05, 3.63) is 0 Å². The monoisotopic (exact) mass is 304 g/mol. The summed E-state index contributed by atoms with van der Waals surface area (Å²) in [6, 6.07) is 0. The van der Waals surface area contributed by atoms with E-state index in [1.807, 2.05) is 0 Å².